The fraction of sp³-hybridized carbons (Fsp3) is 0.150. The van der Waals surface area contributed by atoms with Gasteiger partial charge in [0.1, 0.15) is 17.9 Å². The summed E-state index contributed by atoms with van der Waals surface area (Å²) >= 11 is 0. The molecule has 0 saturated heterocycles. The Morgan fingerprint density at radius 3 is 2.58 bits per heavy atom. The molecule has 0 fully saturated rings. The highest BCUT2D eigenvalue weighted by molar-refractivity contribution is 5.84. The minimum atomic E-state index is 0.282. The number of nitrogens with zero attached hydrogens (tertiary/aromatic N) is 1. The van der Waals surface area contributed by atoms with E-state index in [9.17, 15) is 0 Å². The van der Waals surface area contributed by atoms with E-state index in [-0.39, 0.29) is 6.61 Å². The van der Waals surface area contributed by atoms with Crippen LogP contribution in [-0.4, -0.2) is 25.8 Å². The third kappa shape index (κ3) is 3.41. The van der Waals surface area contributed by atoms with Crippen LogP contribution in [0.1, 0.15) is 5.56 Å². The van der Waals surface area contributed by atoms with Crippen molar-refractivity contribution < 1.29 is 14.2 Å². The molecule has 120 valence electrons. The van der Waals surface area contributed by atoms with Gasteiger partial charge >= 0.3 is 0 Å². The molecule has 0 radical (unpaired) electrons. The van der Waals surface area contributed by atoms with Crippen molar-refractivity contribution in [2.75, 3.05) is 20.8 Å². The van der Waals surface area contributed by atoms with E-state index in [0.717, 1.165) is 22.2 Å². The number of fused-ring (bicyclic) bond motifs is 1. The summed E-state index contributed by atoms with van der Waals surface area (Å²) in [4.78, 5) is 4.36. The van der Waals surface area contributed by atoms with E-state index in [1.807, 2.05) is 48.5 Å². The first-order valence-corrected chi connectivity index (χ1v) is 7.49. The van der Waals surface area contributed by atoms with Crippen LogP contribution in [0.25, 0.3) is 10.9 Å². The molecule has 0 saturated carbocycles. The summed E-state index contributed by atoms with van der Waals surface area (Å²) < 4.78 is 16.2. The monoisotopic (exact) mass is 319 g/mol. The lowest BCUT2D eigenvalue weighted by Crippen LogP contribution is -1.96. The Bertz CT molecular complexity index is 904. The fourth-order valence-corrected chi connectivity index (χ4v) is 2.36. The number of ether oxygens (including phenoxy) is 3. The van der Waals surface area contributed by atoms with E-state index in [1.54, 1.807) is 20.4 Å². The molecule has 0 unspecified atom stereocenters. The highest BCUT2D eigenvalue weighted by Crippen LogP contribution is 2.27. The Hall–Kier alpha value is -3.19. The minimum Gasteiger partial charge on any atom is -0.493 e. The lowest BCUT2D eigenvalue weighted by atomic mass is 10.2. The standard InChI is InChI=1S/C20H17NO3/c1-22-17-11-10-15(14-19(17)23-2)6-5-13-24-18-9-3-7-16-8-4-12-21-20(16)18/h3-4,7-12,14H,13H2,1-2H3. The second kappa shape index (κ2) is 7.38. The first-order chi connectivity index (χ1) is 11.8. The number of methoxy groups -OCH3 is 2. The van der Waals surface area contributed by atoms with Gasteiger partial charge in [0.2, 0.25) is 0 Å². The van der Waals surface area contributed by atoms with Crippen LogP contribution in [0, 0.1) is 11.8 Å². The highest BCUT2D eigenvalue weighted by Gasteiger charge is 2.03. The lowest BCUT2D eigenvalue weighted by Gasteiger charge is -2.07. The largest absolute Gasteiger partial charge is 0.493 e. The van der Waals surface area contributed by atoms with Crippen molar-refractivity contribution in [2.45, 2.75) is 0 Å². The minimum absolute atomic E-state index is 0.282. The third-order valence-electron chi connectivity index (χ3n) is 3.51. The van der Waals surface area contributed by atoms with Crippen molar-refractivity contribution in [2.24, 2.45) is 0 Å². The van der Waals surface area contributed by atoms with Crippen LogP contribution in [0.15, 0.2) is 54.7 Å². The smallest absolute Gasteiger partial charge is 0.161 e. The van der Waals surface area contributed by atoms with Crippen LogP contribution < -0.4 is 14.2 Å². The van der Waals surface area contributed by atoms with Gasteiger partial charge in [-0.15, -0.1) is 0 Å². The number of rotatable bonds is 4. The van der Waals surface area contributed by atoms with Gasteiger partial charge in [-0.2, -0.15) is 0 Å². The molecule has 0 bridgehead atoms. The van der Waals surface area contributed by atoms with Crippen LogP contribution in [0.4, 0.5) is 0 Å². The van der Waals surface area contributed by atoms with Gasteiger partial charge in [0, 0.05) is 17.1 Å². The number of hydrogen-bond acceptors (Lipinski definition) is 4. The Kier molecular flexibility index (Phi) is 4.83. The second-order valence-electron chi connectivity index (χ2n) is 4.99. The van der Waals surface area contributed by atoms with E-state index in [4.69, 9.17) is 14.2 Å². The first kappa shape index (κ1) is 15.7. The average molecular weight is 319 g/mol. The molecule has 0 N–H and O–H groups in total. The maximum Gasteiger partial charge on any atom is 0.161 e. The van der Waals surface area contributed by atoms with Crippen LogP contribution in [0.3, 0.4) is 0 Å². The van der Waals surface area contributed by atoms with Crippen LogP contribution in [0.5, 0.6) is 17.2 Å². The van der Waals surface area contributed by atoms with Crippen molar-refractivity contribution in [1.82, 2.24) is 4.98 Å². The van der Waals surface area contributed by atoms with Gasteiger partial charge < -0.3 is 14.2 Å². The van der Waals surface area contributed by atoms with Gasteiger partial charge in [-0.3, -0.25) is 4.98 Å². The molecule has 0 aliphatic heterocycles. The molecular formula is C20H17NO3. The van der Waals surface area contributed by atoms with Crippen LogP contribution in [0.2, 0.25) is 0 Å². The summed E-state index contributed by atoms with van der Waals surface area (Å²) in [5.41, 5.74) is 1.68. The molecule has 0 aliphatic carbocycles. The normalized spacial score (nSPS) is 9.92. The first-order valence-electron chi connectivity index (χ1n) is 7.49. The summed E-state index contributed by atoms with van der Waals surface area (Å²) in [5, 5.41) is 1.04. The Morgan fingerprint density at radius 2 is 1.75 bits per heavy atom. The van der Waals surface area contributed by atoms with Crippen molar-refractivity contribution in [3.8, 4) is 29.1 Å². The van der Waals surface area contributed by atoms with E-state index >= 15 is 0 Å². The molecular weight excluding hydrogens is 302 g/mol. The van der Waals surface area contributed by atoms with Crippen LogP contribution in [-0.2, 0) is 0 Å². The van der Waals surface area contributed by atoms with Gasteiger partial charge in [-0.25, -0.2) is 0 Å². The molecule has 0 amide bonds. The zero-order valence-electron chi connectivity index (χ0n) is 13.6. The topological polar surface area (TPSA) is 40.6 Å². The number of pyridine rings is 1. The summed E-state index contributed by atoms with van der Waals surface area (Å²) in [7, 11) is 3.21. The predicted octanol–water partition coefficient (Wildman–Crippen LogP) is 3.68. The maximum atomic E-state index is 5.75. The number of aromatic nitrogens is 1. The molecule has 3 aromatic rings. The quantitative estimate of drug-likeness (QED) is 0.688. The fourth-order valence-electron chi connectivity index (χ4n) is 2.36. The maximum absolute atomic E-state index is 5.75. The lowest BCUT2D eigenvalue weighted by molar-refractivity contribution is 0.355. The van der Waals surface area contributed by atoms with E-state index < -0.39 is 0 Å². The molecule has 24 heavy (non-hydrogen) atoms. The molecule has 0 spiro atoms. The highest BCUT2D eigenvalue weighted by atomic mass is 16.5. The number of benzene rings is 2. The zero-order valence-corrected chi connectivity index (χ0v) is 13.6. The van der Waals surface area contributed by atoms with Gasteiger partial charge in [-0.05, 0) is 30.3 Å². The molecule has 4 heteroatoms. The zero-order chi connectivity index (χ0) is 16.8. The molecule has 3 rings (SSSR count). The van der Waals surface area contributed by atoms with Crippen molar-refractivity contribution in [1.29, 1.82) is 0 Å². The molecule has 4 nitrogen and oxygen atoms in total. The summed E-state index contributed by atoms with van der Waals surface area (Å²) in [6.45, 7) is 0.282. The molecule has 1 heterocycles. The average Bonchev–Trinajstić information content (AvgIpc) is 2.65. The Balaban J connectivity index is 1.72. The predicted molar refractivity (Wildman–Crippen MR) is 93.7 cm³/mol. The van der Waals surface area contributed by atoms with E-state index in [0.29, 0.717) is 11.5 Å². The second-order valence-corrected chi connectivity index (χ2v) is 4.99. The van der Waals surface area contributed by atoms with E-state index in [2.05, 4.69) is 16.8 Å². The summed E-state index contributed by atoms with van der Waals surface area (Å²) in [6.07, 6.45) is 1.75. The summed E-state index contributed by atoms with van der Waals surface area (Å²) in [6, 6.07) is 15.3. The van der Waals surface area contributed by atoms with Gasteiger partial charge in [-0.1, -0.05) is 30.0 Å². The van der Waals surface area contributed by atoms with Crippen molar-refractivity contribution >= 4 is 10.9 Å². The molecule has 2 aromatic carbocycles. The Labute approximate surface area is 141 Å². The summed E-state index contributed by atoms with van der Waals surface area (Å²) in [5.74, 6) is 8.13. The van der Waals surface area contributed by atoms with Crippen molar-refractivity contribution in [3.05, 3.63) is 60.3 Å². The SMILES string of the molecule is COc1ccc(C#CCOc2cccc3cccnc23)cc1OC. The van der Waals surface area contributed by atoms with Crippen LogP contribution >= 0.6 is 0 Å². The number of hydrogen-bond donors (Lipinski definition) is 0. The van der Waals surface area contributed by atoms with Gasteiger partial charge in [0.25, 0.3) is 0 Å². The number of para-hydroxylation sites is 1. The van der Waals surface area contributed by atoms with Gasteiger partial charge in [0.15, 0.2) is 11.5 Å². The van der Waals surface area contributed by atoms with Gasteiger partial charge in [0.05, 0.1) is 14.2 Å². The molecule has 1 aromatic heterocycles. The third-order valence-corrected chi connectivity index (χ3v) is 3.51. The molecule has 0 atom stereocenters. The Morgan fingerprint density at radius 1 is 0.917 bits per heavy atom. The van der Waals surface area contributed by atoms with E-state index in [1.165, 1.54) is 0 Å². The molecule has 0 aliphatic rings. The van der Waals surface area contributed by atoms with Crippen molar-refractivity contribution in [3.63, 3.8) is 0 Å².